The van der Waals surface area contributed by atoms with Crippen LogP contribution in [-0.4, -0.2) is 91.9 Å². The summed E-state index contributed by atoms with van der Waals surface area (Å²) in [6.45, 7) is 14.1. The standard InChI is InChI=1S/C29H56O8/c1-4-5-6-7-8-9-10-11-12-13-14-15-31-16-17-32-18-19-33-20-21-34-22-23-35-24-25-36-26-27-37-29(30)28(2)3/h2,4-27H2,1,3H3. The fraction of sp³-hybridized carbons (Fsp3) is 0.897. The molecule has 220 valence electrons. The predicted molar refractivity (Wildman–Crippen MR) is 147 cm³/mol. The Morgan fingerprint density at radius 2 is 0.757 bits per heavy atom. The van der Waals surface area contributed by atoms with Crippen molar-refractivity contribution >= 4 is 5.97 Å². The van der Waals surface area contributed by atoms with Crippen LogP contribution in [0.1, 0.15) is 84.5 Å². The summed E-state index contributed by atoms with van der Waals surface area (Å²) in [5.41, 5.74) is 0.382. The summed E-state index contributed by atoms with van der Waals surface area (Å²) < 4.78 is 37.7. The van der Waals surface area contributed by atoms with E-state index in [9.17, 15) is 4.79 Å². The molecule has 0 aromatic heterocycles. The molecule has 0 radical (unpaired) electrons. The molecule has 0 aromatic rings. The third kappa shape index (κ3) is 31.1. The molecular weight excluding hydrogens is 476 g/mol. The van der Waals surface area contributed by atoms with Crippen LogP contribution >= 0.6 is 0 Å². The highest BCUT2D eigenvalue weighted by molar-refractivity contribution is 5.86. The minimum atomic E-state index is -0.400. The van der Waals surface area contributed by atoms with Crippen molar-refractivity contribution in [1.82, 2.24) is 0 Å². The second-order valence-electron chi connectivity index (χ2n) is 9.13. The molecule has 0 bridgehead atoms. The number of carbonyl (C=O) groups is 1. The highest BCUT2D eigenvalue weighted by Gasteiger charge is 2.02. The van der Waals surface area contributed by atoms with Crippen molar-refractivity contribution in [1.29, 1.82) is 0 Å². The summed E-state index contributed by atoms with van der Waals surface area (Å²) in [6, 6.07) is 0. The first kappa shape index (κ1) is 36.0. The van der Waals surface area contributed by atoms with Gasteiger partial charge in [-0.1, -0.05) is 77.7 Å². The number of unbranched alkanes of at least 4 members (excludes halogenated alkanes) is 10. The Morgan fingerprint density at radius 3 is 1.11 bits per heavy atom. The number of carbonyl (C=O) groups excluding carboxylic acids is 1. The van der Waals surface area contributed by atoms with E-state index in [0.717, 1.165) is 13.0 Å². The minimum Gasteiger partial charge on any atom is -0.460 e. The van der Waals surface area contributed by atoms with E-state index in [2.05, 4.69) is 13.5 Å². The average molecular weight is 533 g/mol. The van der Waals surface area contributed by atoms with Gasteiger partial charge in [0.05, 0.1) is 72.7 Å². The van der Waals surface area contributed by atoms with E-state index in [-0.39, 0.29) is 6.61 Å². The molecule has 0 aliphatic rings. The molecule has 0 rings (SSSR count). The van der Waals surface area contributed by atoms with Gasteiger partial charge in [0, 0.05) is 12.2 Å². The Hall–Kier alpha value is -1.03. The summed E-state index contributed by atoms with van der Waals surface area (Å²) >= 11 is 0. The van der Waals surface area contributed by atoms with Crippen LogP contribution in [0, 0.1) is 0 Å². The second-order valence-corrected chi connectivity index (χ2v) is 9.13. The Balaban J connectivity index is 3.05. The maximum Gasteiger partial charge on any atom is 0.333 e. The normalized spacial score (nSPS) is 11.2. The summed E-state index contributed by atoms with van der Waals surface area (Å²) in [5.74, 6) is -0.400. The van der Waals surface area contributed by atoms with E-state index in [4.69, 9.17) is 33.2 Å². The molecule has 0 N–H and O–H groups in total. The molecule has 0 saturated heterocycles. The molecule has 0 amide bonds. The van der Waals surface area contributed by atoms with Gasteiger partial charge in [0.15, 0.2) is 0 Å². The van der Waals surface area contributed by atoms with Crippen LogP contribution in [-0.2, 0) is 38.0 Å². The third-order valence-corrected chi connectivity index (χ3v) is 5.56. The van der Waals surface area contributed by atoms with E-state index in [1.165, 1.54) is 64.2 Å². The maximum absolute atomic E-state index is 11.2. The fourth-order valence-electron chi connectivity index (χ4n) is 3.39. The highest BCUT2D eigenvalue weighted by Crippen LogP contribution is 2.11. The molecule has 0 aliphatic heterocycles. The molecule has 0 fully saturated rings. The van der Waals surface area contributed by atoms with Crippen LogP contribution < -0.4 is 0 Å². The zero-order valence-corrected chi connectivity index (χ0v) is 23.9. The topological polar surface area (TPSA) is 81.7 Å². The second kappa shape index (κ2) is 31.2. The number of rotatable bonds is 31. The van der Waals surface area contributed by atoms with Gasteiger partial charge in [-0.05, 0) is 13.3 Å². The lowest BCUT2D eigenvalue weighted by molar-refractivity contribution is -0.140. The number of esters is 1. The monoisotopic (exact) mass is 532 g/mol. The van der Waals surface area contributed by atoms with Crippen LogP contribution in [0.15, 0.2) is 12.2 Å². The Morgan fingerprint density at radius 1 is 0.459 bits per heavy atom. The minimum absolute atomic E-state index is 0.215. The van der Waals surface area contributed by atoms with Crippen LogP contribution in [0.4, 0.5) is 0 Å². The summed E-state index contributed by atoms with van der Waals surface area (Å²) in [5, 5.41) is 0. The maximum atomic E-state index is 11.2. The van der Waals surface area contributed by atoms with Gasteiger partial charge in [0.25, 0.3) is 0 Å². The van der Waals surface area contributed by atoms with Gasteiger partial charge in [-0.2, -0.15) is 0 Å². The van der Waals surface area contributed by atoms with Gasteiger partial charge in [-0.15, -0.1) is 0 Å². The fourth-order valence-corrected chi connectivity index (χ4v) is 3.39. The summed E-state index contributed by atoms with van der Waals surface area (Å²) in [4.78, 5) is 11.2. The highest BCUT2D eigenvalue weighted by atomic mass is 16.6. The van der Waals surface area contributed by atoms with Gasteiger partial charge < -0.3 is 33.2 Å². The van der Waals surface area contributed by atoms with Gasteiger partial charge in [-0.3, -0.25) is 0 Å². The van der Waals surface area contributed by atoms with Crippen molar-refractivity contribution in [2.75, 3.05) is 85.9 Å². The van der Waals surface area contributed by atoms with E-state index in [1.807, 2.05) is 0 Å². The summed E-state index contributed by atoms with van der Waals surface area (Å²) in [6.07, 6.45) is 14.9. The van der Waals surface area contributed by atoms with Gasteiger partial charge in [0.1, 0.15) is 6.61 Å². The van der Waals surface area contributed by atoms with E-state index in [1.54, 1.807) is 6.92 Å². The molecule has 0 aromatic carbocycles. The Labute approximate surface area is 226 Å². The lowest BCUT2D eigenvalue weighted by atomic mass is 10.1. The molecule has 8 heteroatoms. The van der Waals surface area contributed by atoms with Crippen LogP contribution in [0.3, 0.4) is 0 Å². The third-order valence-electron chi connectivity index (χ3n) is 5.56. The molecule has 37 heavy (non-hydrogen) atoms. The SMILES string of the molecule is C=C(C)C(=O)OCCOCCOCCOCCOCCOCCOCCCCCCCCCCCCC. The Bertz CT molecular complexity index is 487. The molecule has 0 atom stereocenters. The molecular formula is C29H56O8. The molecule has 0 heterocycles. The molecule has 8 nitrogen and oxygen atoms in total. The Kier molecular flexibility index (Phi) is 30.3. The van der Waals surface area contributed by atoms with Crippen molar-refractivity contribution in [3.8, 4) is 0 Å². The van der Waals surface area contributed by atoms with Gasteiger partial charge in [-0.25, -0.2) is 4.79 Å². The quantitative estimate of drug-likeness (QED) is 0.0656. The molecule has 0 spiro atoms. The molecule has 0 aliphatic carbocycles. The van der Waals surface area contributed by atoms with E-state index >= 15 is 0 Å². The van der Waals surface area contributed by atoms with Crippen molar-refractivity contribution in [2.45, 2.75) is 84.5 Å². The lowest BCUT2D eigenvalue weighted by Crippen LogP contribution is -2.15. The lowest BCUT2D eigenvalue weighted by Gasteiger charge is -2.08. The van der Waals surface area contributed by atoms with Crippen LogP contribution in [0.2, 0.25) is 0 Å². The van der Waals surface area contributed by atoms with E-state index in [0.29, 0.717) is 78.2 Å². The van der Waals surface area contributed by atoms with Crippen molar-refractivity contribution in [3.05, 3.63) is 12.2 Å². The predicted octanol–water partition coefficient (Wildman–Crippen LogP) is 5.52. The zero-order chi connectivity index (χ0) is 27.1. The number of ether oxygens (including phenoxy) is 7. The molecule has 0 saturated carbocycles. The average Bonchev–Trinajstić information content (AvgIpc) is 2.89. The largest absolute Gasteiger partial charge is 0.460 e. The van der Waals surface area contributed by atoms with Crippen LogP contribution in [0.25, 0.3) is 0 Å². The first-order valence-corrected chi connectivity index (χ1v) is 14.5. The van der Waals surface area contributed by atoms with Crippen molar-refractivity contribution in [2.24, 2.45) is 0 Å². The van der Waals surface area contributed by atoms with Gasteiger partial charge >= 0.3 is 5.97 Å². The zero-order valence-electron chi connectivity index (χ0n) is 23.9. The van der Waals surface area contributed by atoms with Crippen LogP contribution in [0.5, 0.6) is 0 Å². The smallest absolute Gasteiger partial charge is 0.333 e. The van der Waals surface area contributed by atoms with Crippen molar-refractivity contribution in [3.63, 3.8) is 0 Å². The van der Waals surface area contributed by atoms with Crippen molar-refractivity contribution < 1.29 is 38.0 Å². The number of hydrogen-bond donors (Lipinski definition) is 0. The first-order chi connectivity index (χ1) is 18.2. The number of hydrogen-bond acceptors (Lipinski definition) is 8. The van der Waals surface area contributed by atoms with Gasteiger partial charge in [0.2, 0.25) is 0 Å². The first-order valence-electron chi connectivity index (χ1n) is 14.5. The summed E-state index contributed by atoms with van der Waals surface area (Å²) in [7, 11) is 0. The van der Waals surface area contributed by atoms with E-state index < -0.39 is 5.97 Å². The molecule has 0 unspecified atom stereocenters.